The van der Waals surface area contributed by atoms with Crippen LogP contribution in [-0.4, -0.2) is 45.8 Å². The summed E-state index contributed by atoms with van der Waals surface area (Å²) in [5.74, 6) is 0.643. The Morgan fingerprint density at radius 1 is 1.44 bits per heavy atom. The molecule has 1 unspecified atom stereocenters. The molecule has 0 radical (unpaired) electrons. The number of hydrogen-bond donors (Lipinski definition) is 3. The highest BCUT2D eigenvalue weighted by molar-refractivity contribution is 4.81. The monoisotopic (exact) mass is 227 g/mol. The number of aromatic nitrogens is 3. The van der Waals surface area contributed by atoms with E-state index in [4.69, 9.17) is 0 Å². The molecule has 16 heavy (non-hydrogen) atoms. The van der Waals surface area contributed by atoms with Crippen LogP contribution in [0.2, 0.25) is 0 Å². The van der Waals surface area contributed by atoms with Crippen LogP contribution in [0.1, 0.15) is 26.6 Å². The molecule has 92 valence electrons. The van der Waals surface area contributed by atoms with Crippen LogP contribution < -0.4 is 11.0 Å². The minimum atomic E-state index is -0.260. The predicted octanol–water partition coefficient (Wildman–Crippen LogP) is -0.0837. The summed E-state index contributed by atoms with van der Waals surface area (Å²) >= 11 is 0. The van der Waals surface area contributed by atoms with E-state index in [0.717, 1.165) is 6.54 Å². The number of H-pyrrole nitrogens is 2. The molecular formula is C10H21N5O. The molecule has 6 heteroatoms. The van der Waals surface area contributed by atoms with Crippen molar-refractivity contribution in [2.24, 2.45) is 0 Å². The van der Waals surface area contributed by atoms with Crippen molar-refractivity contribution < 1.29 is 0 Å². The fourth-order valence-electron chi connectivity index (χ4n) is 1.37. The largest absolute Gasteiger partial charge is 0.340 e. The highest BCUT2D eigenvalue weighted by atomic mass is 16.1. The van der Waals surface area contributed by atoms with Crippen LogP contribution in [0.5, 0.6) is 0 Å². The average Bonchev–Trinajstić information content (AvgIpc) is 2.61. The highest BCUT2D eigenvalue weighted by Crippen LogP contribution is 1.96. The van der Waals surface area contributed by atoms with Crippen LogP contribution in [0, 0.1) is 0 Å². The lowest BCUT2D eigenvalue weighted by atomic mass is 10.2. The number of nitrogens with zero attached hydrogens (tertiary/aromatic N) is 2. The van der Waals surface area contributed by atoms with E-state index in [0.29, 0.717) is 24.5 Å². The smallest absolute Gasteiger partial charge is 0.306 e. The van der Waals surface area contributed by atoms with Crippen LogP contribution in [0.4, 0.5) is 0 Å². The fourth-order valence-corrected chi connectivity index (χ4v) is 1.37. The summed E-state index contributed by atoms with van der Waals surface area (Å²) in [5, 5.41) is 9.48. The summed E-state index contributed by atoms with van der Waals surface area (Å²) in [5.41, 5.74) is -0.260. The molecule has 0 aliphatic rings. The van der Waals surface area contributed by atoms with Crippen LogP contribution >= 0.6 is 0 Å². The van der Waals surface area contributed by atoms with Crippen molar-refractivity contribution in [3.63, 3.8) is 0 Å². The van der Waals surface area contributed by atoms with E-state index >= 15 is 0 Å². The second-order valence-electron chi connectivity index (χ2n) is 4.44. The summed E-state index contributed by atoms with van der Waals surface area (Å²) in [7, 11) is 2.10. The van der Waals surface area contributed by atoms with E-state index in [1.807, 2.05) is 0 Å². The van der Waals surface area contributed by atoms with Crippen LogP contribution in [0.15, 0.2) is 4.79 Å². The third kappa shape index (κ3) is 4.16. The Morgan fingerprint density at radius 2 is 2.12 bits per heavy atom. The molecule has 0 spiro atoms. The minimum Gasteiger partial charge on any atom is -0.306 e. The van der Waals surface area contributed by atoms with Gasteiger partial charge >= 0.3 is 5.69 Å². The van der Waals surface area contributed by atoms with Crippen molar-refractivity contribution in [2.75, 3.05) is 13.6 Å². The zero-order valence-corrected chi connectivity index (χ0v) is 10.4. The first kappa shape index (κ1) is 12.9. The highest BCUT2D eigenvalue weighted by Gasteiger charge is 2.09. The Hall–Kier alpha value is -1.14. The van der Waals surface area contributed by atoms with E-state index < -0.39 is 0 Å². The van der Waals surface area contributed by atoms with Crippen molar-refractivity contribution in [2.45, 2.75) is 39.4 Å². The Kier molecular flexibility index (Phi) is 4.70. The van der Waals surface area contributed by atoms with Crippen molar-refractivity contribution in [1.82, 2.24) is 25.4 Å². The maximum absolute atomic E-state index is 10.8. The number of hydrogen-bond acceptors (Lipinski definition) is 4. The van der Waals surface area contributed by atoms with E-state index in [1.165, 1.54) is 0 Å². The van der Waals surface area contributed by atoms with Gasteiger partial charge in [-0.1, -0.05) is 0 Å². The molecule has 0 aromatic carbocycles. The number of nitrogens with one attached hydrogen (secondary N) is 3. The van der Waals surface area contributed by atoms with Crippen molar-refractivity contribution in [3.8, 4) is 0 Å². The molecular weight excluding hydrogens is 206 g/mol. The SMILES string of the molecule is CC(CN(C)C(C)C)NCc1n[nH]c(=O)[nH]1. The van der Waals surface area contributed by atoms with Crippen LogP contribution in [0.25, 0.3) is 0 Å². The van der Waals surface area contributed by atoms with Gasteiger partial charge in [0, 0.05) is 18.6 Å². The lowest BCUT2D eigenvalue weighted by Crippen LogP contribution is -2.40. The van der Waals surface area contributed by atoms with Gasteiger partial charge in [-0.25, -0.2) is 9.89 Å². The molecule has 1 aromatic heterocycles. The number of aromatic amines is 2. The second kappa shape index (κ2) is 5.81. The van der Waals surface area contributed by atoms with Gasteiger partial charge in [0.15, 0.2) is 0 Å². The summed E-state index contributed by atoms with van der Waals surface area (Å²) in [6, 6.07) is 0.891. The van der Waals surface area contributed by atoms with E-state index in [1.54, 1.807) is 0 Å². The van der Waals surface area contributed by atoms with Gasteiger partial charge in [-0.2, -0.15) is 5.10 Å². The molecule has 3 N–H and O–H groups in total. The summed E-state index contributed by atoms with van der Waals surface area (Å²) in [6.45, 7) is 7.98. The lowest BCUT2D eigenvalue weighted by Gasteiger charge is -2.25. The fraction of sp³-hybridized carbons (Fsp3) is 0.800. The standard InChI is InChI=1S/C10H21N5O/c1-7(2)15(4)6-8(3)11-5-9-12-10(16)14-13-9/h7-8,11H,5-6H2,1-4H3,(H2,12,13,14,16). The molecule has 0 saturated carbocycles. The van der Waals surface area contributed by atoms with E-state index in [2.05, 4.69) is 53.2 Å². The first-order valence-corrected chi connectivity index (χ1v) is 5.56. The van der Waals surface area contributed by atoms with E-state index in [-0.39, 0.29) is 5.69 Å². The van der Waals surface area contributed by atoms with Crippen LogP contribution in [-0.2, 0) is 6.54 Å². The van der Waals surface area contributed by atoms with Crippen LogP contribution in [0.3, 0.4) is 0 Å². The molecule has 1 aromatic rings. The summed E-state index contributed by atoms with van der Waals surface area (Å²) in [4.78, 5) is 15.7. The normalized spacial score (nSPS) is 13.6. The maximum atomic E-state index is 10.8. The molecule has 1 rings (SSSR count). The molecule has 0 amide bonds. The van der Waals surface area contributed by atoms with Crippen molar-refractivity contribution in [1.29, 1.82) is 0 Å². The lowest BCUT2D eigenvalue weighted by molar-refractivity contribution is 0.246. The van der Waals surface area contributed by atoms with Gasteiger partial charge < -0.3 is 10.2 Å². The first-order chi connectivity index (χ1) is 7.49. The van der Waals surface area contributed by atoms with Gasteiger partial charge in [-0.3, -0.25) is 4.98 Å². The van der Waals surface area contributed by atoms with Gasteiger partial charge in [0.25, 0.3) is 0 Å². The Balaban J connectivity index is 2.30. The Morgan fingerprint density at radius 3 is 2.62 bits per heavy atom. The molecule has 6 nitrogen and oxygen atoms in total. The number of rotatable bonds is 6. The summed E-state index contributed by atoms with van der Waals surface area (Å²) in [6.07, 6.45) is 0. The first-order valence-electron chi connectivity index (χ1n) is 5.56. The third-order valence-corrected chi connectivity index (χ3v) is 2.61. The second-order valence-corrected chi connectivity index (χ2v) is 4.44. The molecule has 0 fully saturated rings. The quantitative estimate of drug-likeness (QED) is 0.635. The van der Waals surface area contributed by atoms with Crippen molar-refractivity contribution >= 4 is 0 Å². The van der Waals surface area contributed by atoms with Gasteiger partial charge in [-0.15, -0.1) is 0 Å². The van der Waals surface area contributed by atoms with Crippen molar-refractivity contribution in [3.05, 3.63) is 16.3 Å². The van der Waals surface area contributed by atoms with Gasteiger partial charge in [-0.05, 0) is 27.8 Å². The third-order valence-electron chi connectivity index (χ3n) is 2.61. The Labute approximate surface area is 95.4 Å². The van der Waals surface area contributed by atoms with Gasteiger partial charge in [0.2, 0.25) is 0 Å². The van der Waals surface area contributed by atoms with Gasteiger partial charge in [0.1, 0.15) is 5.82 Å². The molecule has 0 saturated heterocycles. The average molecular weight is 227 g/mol. The topological polar surface area (TPSA) is 76.8 Å². The molecule has 0 bridgehead atoms. The zero-order chi connectivity index (χ0) is 12.1. The van der Waals surface area contributed by atoms with E-state index in [9.17, 15) is 4.79 Å². The van der Waals surface area contributed by atoms with Gasteiger partial charge in [0.05, 0.1) is 6.54 Å². The minimum absolute atomic E-state index is 0.260. The molecule has 1 heterocycles. The Bertz CT molecular complexity index is 356. The molecule has 1 atom stereocenters. The maximum Gasteiger partial charge on any atom is 0.340 e. The molecule has 0 aliphatic heterocycles. The predicted molar refractivity (Wildman–Crippen MR) is 63.3 cm³/mol. The number of likely N-dealkylation sites (N-methyl/N-ethyl adjacent to an activating group) is 1. The molecule has 0 aliphatic carbocycles. The zero-order valence-electron chi connectivity index (χ0n) is 10.4. The summed E-state index contributed by atoms with van der Waals surface area (Å²) < 4.78 is 0.